The number of methoxy groups -OCH3 is 2. The van der Waals surface area contributed by atoms with Gasteiger partial charge in [-0.1, -0.05) is 0 Å². The van der Waals surface area contributed by atoms with Crippen LogP contribution >= 0.6 is 0 Å². The SMILES string of the molecule is COC(=O)CC(C(=O)OC)N1CCCC1. The molecule has 0 aromatic heterocycles. The van der Waals surface area contributed by atoms with Crippen molar-refractivity contribution in [2.24, 2.45) is 0 Å². The third-order valence-electron chi connectivity index (χ3n) is 2.64. The van der Waals surface area contributed by atoms with Crippen molar-refractivity contribution in [3.8, 4) is 0 Å². The summed E-state index contributed by atoms with van der Waals surface area (Å²) in [5.74, 6) is -0.736. The van der Waals surface area contributed by atoms with E-state index in [0.717, 1.165) is 25.9 Å². The minimum Gasteiger partial charge on any atom is -0.469 e. The number of nitrogens with zero attached hydrogens (tertiary/aromatic N) is 1. The molecule has 0 aromatic rings. The summed E-state index contributed by atoms with van der Waals surface area (Å²) in [6, 6.07) is -0.482. The van der Waals surface area contributed by atoms with Crippen molar-refractivity contribution >= 4 is 11.9 Å². The number of hydrogen-bond donors (Lipinski definition) is 0. The molecule has 0 N–H and O–H groups in total. The molecule has 1 atom stereocenters. The van der Waals surface area contributed by atoms with Gasteiger partial charge < -0.3 is 9.47 Å². The minimum atomic E-state index is -0.482. The van der Waals surface area contributed by atoms with E-state index >= 15 is 0 Å². The molecule has 0 saturated carbocycles. The lowest BCUT2D eigenvalue weighted by Crippen LogP contribution is -2.41. The number of carbonyl (C=O) groups is 2. The Morgan fingerprint density at radius 1 is 1.20 bits per heavy atom. The molecule has 5 nitrogen and oxygen atoms in total. The Morgan fingerprint density at radius 3 is 2.27 bits per heavy atom. The second kappa shape index (κ2) is 5.70. The van der Waals surface area contributed by atoms with E-state index in [1.165, 1.54) is 14.2 Å². The molecular weight excluding hydrogens is 198 g/mol. The van der Waals surface area contributed by atoms with Crippen LogP contribution in [-0.2, 0) is 19.1 Å². The van der Waals surface area contributed by atoms with Crippen molar-refractivity contribution in [2.75, 3.05) is 27.3 Å². The molecule has 86 valence electrons. The molecule has 5 heteroatoms. The van der Waals surface area contributed by atoms with Gasteiger partial charge in [-0.15, -0.1) is 0 Å². The average molecular weight is 215 g/mol. The largest absolute Gasteiger partial charge is 0.469 e. The molecule has 0 bridgehead atoms. The summed E-state index contributed by atoms with van der Waals surface area (Å²) in [6.07, 6.45) is 2.20. The molecule has 1 aliphatic heterocycles. The molecule has 1 rings (SSSR count). The third kappa shape index (κ3) is 3.20. The summed E-state index contributed by atoms with van der Waals surface area (Å²) >= 11 is 0. The Hall–Kier alpha value is -1.10. The summed E-state index contributed by atoms with van der Waals surface area (Å²) in [5.41, 5.74) is 0. The maximum Gasteiger partial charge on any atom is 0.323 e. The second-order valence-corrected chi connectivity index (χ2v) is 3.56. The van der Waals surface area contributed by atoms with E-state index in [-0.39, 0.29) is 18.4 Å². The smallest absolute Gasteiger partial charge is 0.323 e. The zero-order chi connectivity index (χ0) is 11.3. The molecule has 1 aliphatic rings. The Kier molecular flexibility index (Phi) is 4.55. The molecule has 0 aromatic carbocycles. The van der Waals surface area contributed by atoms with Gasteiger partial charge in [0.15, 0.2) is 0 Å². The van der Waals surface area contributed by atoms with Crippen LogP contribution in [0.25, 0.3) is 0 Å². The van der Waals surface area contributed by atoms with Gasteiger partial charge in [-0.25, -0.2) is 0 Å². The van der Waals surface area contributed by atoms with Crippen molar-refractivity contribution in [1.82, 2.24) is 4.90 Å². The van der Waals surface area contributed by atoms with Gasteiger partial charge in [0.25, 0.3) is 0 Å². The van der Waals surface area contributed by atoms with Crippen molar-refractivity contribution in [3.05, 3.63) is 0 Å². The lowest BCUT2D eigenvalue weighted by Gasteiger charge is -2.23. The normalized spacial score (nSPS) is 18.5. The fourth-order valence-electron chi connectivity index (χ4n) is 1.79. The van der Waals surface area contributed by atoms with E-state index < -0.39 is 6.04 Å². The van der Waals surface area contributed by atoms with E-state index in [4.69, 9.17) is 0 Å². The number of carbonyl (C=O) groups excluding carboxylic acids is 2. The third-order valence-corrected chi connectivity index (χ3v) is 2.64. The number of esters is 2. The van der Waals surface area contributed by atoms with Gasteiger partial charge in [-0.3, -0.25) is 14.5 Å². The molecule has 0 amide bonds. The van der Waals surface area contributed by atoms with Crippen LogP contribution in [0.2, 0.25) is 0 Å². The van der Waals surface area contributed by atoms with Crippen LogP contribution in [0, 0.1) is 0 Å². The number of rotatable bonds is 4. The topological polar surface area (TPSA) is 55.8 Å². The van der Waals surface area contributed by atoms with Gasteiger partial charge in [-0.05, 0) is 25.9 Å². The summed E-state index contributed by atoms with van der Waals surface area (Å²) in [7, 11) is 2.66. The second-order valence-electron chi connectivity index (χ2n) is 3.56. The Morgan fingerprint density at radius 2 is 1.80 bits per heavy atom. The fraction of sp³-hybridized carbons (Fsp3) is 0.800. The quantitative estimate of drug-likeness (QED) is 0.626. The monoisotopic (exact) mass is 215 g/mol. The molecule has 1 fully saturated rings. The first kappa shape index (κ1) is 12.0. The molecular formula is C10H17NO4. The summed E-state index contributed by atoms with van der Waals surface area (Å²) in [6.45, 7) is 1.69. The fourth-order valence-corrected chi connectivity index (χ4v) is 1.79. The summed E-state index contributed by atoms with van der Waals surface area (Å²) < 4.78 is 9.24. The molecule has 1 heterocycles. The number of ether oxygens (including phenoxy) is 2. The van der Waals surface area contributed by atoms with Crippen molar-refractivity contribution < 1.29 is 19.1 Å². The van der Waals surface area contributed by atoms with Gasteiger partial charge in [0.1, 0.15) is 6.04 Å². The zero-order valence-electron chi connectivity index (χ0n) is 9.19. The molecule has 0 radical (unpaired) electrons. The zero-order valence-corrected chi connectivity index (χ0v) is 9.19. The van der Waals surface area contributed by atoms with Crippen molar-refractivity contribution in [3.63, 3.8) is 0 Å². The van der Waals surface area contributed by atoms with Crippen LogP contribution < -0.4 is 0 Å². The van der Waals surface area contributed by atoms with Gasteiger partial charge in [0, 0.05) is 0 Å². The Labute approximate surface area is 89.3 Å². The Bertz CT molecular complexity index is 236. The lowest BCUT2D eigenvalue weighted by atomic mass is 10.2. The predicted molar refractivity (Wildman–Crippen MR) is 53.2 cm³/mol. The first-order chi connectivity index (χ1) is 7.19. The molecule has 1 unspecified atom stereocenters. The van der Waals surface area contributed by atoms with Gasteiger partial charge in [0.05, 0.1) is 20.6 Å². The highest BCUT2D eigenvalue weighted by molar-refractivity contribution is 5.82. The van der Waals surface area contributed by atoms with E-state index in [1.54, 1.807) is 0 Å². The first-order valence-corrected chi connectivity index (χ1v) is 5.07. The maximum atomic E-state index is 11.5. The van der Waals surface area contributed by atoms with Gasteiger partial charge in [-0.2, -0.15) is 0 Å². The van der Waals surface area contributed by atoms with Gasteiger partial charge in [0.2, 0.25) is 0 Å². The van der Waals surface area contributed by atoms with E-state index in [1.807, 2.05) is 4.90 Å². The van der Waals surface area contributed by atoms with Crippen LogP contribution in [-0.4, -0.2) is 50.2 Å². The van der Waals surface area contributed by atoms with Crippen LogP contribution in [0.1, 0.15) is 19.3 Å². The van der Waals surface area contributed by atoms with E-state index in [9.17, 15) is 9.59 Å². The highest BCUT2D eigenvalue weighted by atomic mass is 16.5. The maximum absolute atomic E-state index is 11.5. The highest BCUT2D eigenvalue weighted by Gasteiger charge is 2.31. The van der Waals surface area contributed by atoms with Gasteiger partial charge >= 0.3 is 11.9 Å². The lowest BCUT2D eigenvalue weighted by molar-refractivity contribution is -0.153. The van der Waals surface area contributed by atoms with E-state index in [2.05, 4.69) is 9.47 Å². The molecule has 0 aliphatic carbocycles. The highest BCUT2D eigenvalue weighted by Crippen LogP contribution is 2.15. The summed E-state index contributed by atoms with van der Waals surface area (Å²) in [4.78, 5) is 24.6. The standard InChI is InChI=1S/C10H17NO4/c1-14-9(12)7-8(10(13)15-2)11-5-3-4-6-11/h8H,3-7H2,1-2H3. The van der Waals surface area contributed by atoms with Crippen LogP contribution in [0.5, 0.6) is 0 Å². The predicted octanol–water partition coefficient (Wildman–Crippen LogP) is 0.187. The van der Waals surface area contributed by atoms with Crippen molar-refractivity contribution in [2.45, 2.75) is 25.3 Å². The first-order valence-electron chi connectivity index (χ1n) is 5.07. The van der Waals surface area contributed by atoms with Crippen LogP contribution in [0.15, 0.2) is 0 Å². The molecule has 1 saturated heterocycles. The number of hydrogen-bond acceptors (Lipinski definition) is 5. The Balaban J connectivity index is 2.59. The number of likely N-dealkylation sites (tertiary alicyclic amines) is 1. The van der Waals surface area contributed by atoms with Crippen molar-refractivity contribution in [1.29, 1.82) is 0 Å². The molecule has 0 spiro atoms. The van der Waals surface area contributed by atoms with E-state index in [0.29, 0.717) is 0 Å². The van der Waals surface area contributed by atoms with Crippen LogP contribution in [0.4, 0.5) is 0 Å². The summed E-state index contributed by atoms with van der Waals surface area (Å²) in [5, 5.41) is 0. The minimum absolute atomic E-state index is 0.0726. The average Bonchev–Trinajstić information content (AvgIpc) is 2.77. The molecule has 15 heavy (non-hydrogen) atoms. The van der Waals surface area contributed by atoms with Crippen LogP contribution in [0.3, 0.4) is 0 Å².